The number of ether oxygens (including phenoxy) is 3. The number of aliphatic hydroxyl groups excluding tert-OH is 1. The van der Waals surface area contributed by atoms with Crippen molar-refractivity contribution in [1.82, 2.24) is 5.32 Å². The van der Waals surface area contributed by atoms with Gasteiger partial charge >= 0.3 is 101 Å². The molecule has 0 aromatic heterocycles. The van der Waals surface area contributed by atoms with E-state index >= 15 is 0 Å². The van der Waals surface area contributed by atoms with Gasteiger partial charge in [0, 0.05) is 23.3 Å². The summed E-state index contributed by atoms with van der Waals surface area (Å²) >= 11 is 6.52. The smallest absolute Gasteiger partial charge is 0.870 e. The maximum atomic E-state index is 11.6. The van der Waals surface area contributed by atoms with Crippen molar-refractivity contribution < 1.29 is 102 Å². The number of halogens is 2. The number of nitrogens with one attached hydrogen (secondary N) is 1. The zero-order valence-corrected chi connectivity index (χ0v) is 55.1. The van der Waals surface area contributed by atoms with E-state index in [1.807, 2.05) is 41.5 Å². The number of carboxylic acid groups (broad SMARTS) is 4. The minimum Gasteiger partial charge on any atom is -0.870 e. The van der Waals surface area contributed by atoms with E-state index in [9.17, 15) is 33.6 Å². The average Bonchev–Trinajstić information content (AvgIpc) is 3.27. The number of carbonyl (C=O) groups is 7. The summed E-state index contributed by atoms with van der Waals surface area (Å²) in [6, 6.07) is 0. The van der Waals surface area contributed by atoms with E-state index in [0.717, 1.165) is 90.8 Å². The average molecular weight is 1350 g/mol. The van der Waals surface area contributed by atoms with Crippen LogP contribution in [0.5, 0.6) is 0 Å². The third kappa shape index (κ3) is 84.2. The second-order valence-corrected chi connectivity index (χ2v) is 18.0. The maximum absolute atomic E-state index is 11.6. The Balaban J connectivity index is -0.0000000704. The molecule has 0 saturated heterocycles. The van der Waals surface area contributed by atoms with Crippen molar-refractivity contribution in [1.29, 1.82) is 0 Å². The molecule has 0 radical (unpaired) electrons. The van der Waals surface area contributed by atoms with Crippen LogP contribution in [-0.2, 0) is 58.2 Å². The first-order valence-electron chi connectivity index (χ1n) is 24.1. The van der Waals surface area contributed by atoms with Gasteiger partial charge in [-0.05, 0) is 86.2 Å². The van der Waals surface area contributed by atoms with Crippen molar-refractivity contribution in [3.05, 3.63) is 12.2 Å². The maximum Gasteiger partial charge on any atom is 2.00 e. The van der Waals surface area contributed by atoms with Crippen LogP contribution in [0, 0.1) is 23.7 Å². The molecule has 0 saturated carbocycles. The standard InChI is InChI=1S/C11H21BrO2.C11H20O4.C7H13BrO2.C7H12O4.C7H12O2.C4H11N.CH4O.Ba.H2O4S.2H2O/c1-5-6-7-9(8-12)10(13)14-11(2,3)4;1-4-7-8-9(10(12)14-5-2)11(13)15-6-3;1-2-3-4-6(5-8)7(9)10;1-2-3-4-5(6(8)9)7(10)11;1-3-4-5-6(2)7(8)9;1-3-5-4-2;1-2;;1-5(2,3)4;;/h9H,5-8H2,1-4H3;9H,4-8H2,1-3H3;6H,2-5H2,1H3,(H,9,10);5H,2-4H2,1H3,(H,8,9)(H,10,11);2-5H2,1H3,(H,8,9);5H,3-4H2,1-2H3;2H,1H3;;(H2,1,2,3,4);2*1H2/q;;;;;;;+2;;;/p-2. The Kier molecular flexibility index (Phi) is 91.6. The van der Waals surface area contributed by atoms with Crippen molar-refractivity contribution in [2.75, 3.05) is 44.1 Å². The van der Waals surface area contributed by atoms with Crippen LogP contribution < -0.4 is 5.32 Å². The number of hydrogen-bond acceptors (Lipinski definition) is 16. The summed E-state index contributed by atoms with van der Waals surface area (Å²) in [6.07, 6.45) is 12.5. The molecule has 0 aromatic rings. The second-order valence-electron chi connectivity index (χ2n) is 15.8. The molecule has 0 amide bonds. The Labute approximate surface area is 500 Å². The number of carbonyl (C=O) groups excluding carboxylic acids is 3. The molecule has 0 aromatic carbocycles. The molecule has 26 heteroatoms. The van der Waals surface area contributed by atoms with Crippen LogP contribution in [0.25, 0.3) is 0 Å². The van der Waals surface area contributed by atoms with E-state index < -0.39 is 58.1 Å². The fourth-order valence-corrected chi connectivity index (χ4v) is 5.73. The van der Waals surface area contributed by atoms with Crippen LogP contribution in [0.1, 0.15) is 179 Å². The largest absolute Gasteiger partial charge is 2.00 e. The minimum absolute atomic E-state index is 0. The second kappa shape index (κ2) is 69.3. The van der Waals surface area contributed by atoms with Gasteiger partial charge in [0.2, 0.25) is 0 Å². The molecule has 0 fully saturated rings. The van der Waals surface area contributed by atoms with Crippen LogP contribution >= 0.6 is 31.9 Å². The van der Waals surface area contributed by atoms with Gasteiger partial charge in [-0.1, -0.05) is 145 Å². The van der Waals surface area contributed by atoms with Gasteiger partial charge in [0.25, 0.3) is 0 Å². The molecule has 2 atom stereocenters. The molecule has 74 heavy (non-hydrogen) atoms. The summed E-state index contributed by atoms with van der Waals surface area (Å²) < 4.78 is 46.6. The first-order valence-corrected chi connectivity index (χ1v) is 27.7. The molecular formula is C48H97BaBr2NO21S. The van der Waals surface area contributed by atoms with Crippen molar-refractivity contribution in [2.24, 2.45) is 23.7 Å². The third-order valence-electron chi connectivity index (χ3n) is 8.34. The van der Waals surface area contributed by atoms with E-state index in [2.05, 4.69) is 71.5 Å². The Morgan fingerprint density at radius 3 is 1.09 bits per heavy atom. The zero-order valence-electron chi connectivity index (χ0n) is 46.7. The summed E-state index contributed by atoms with van der Waals surface area (Å²) in [6.45, 7) is 29.6. The Bertz CT molecular complexity index is 1410. The van der Waals surface area contributed by atoms with E-state index in [-0.39, 0.29) is 89.7 Å². The van der Waals surface area contributed by atoms with Gasteiger partial charge in [0.05, 0.1) is 25.0 Å². The molecule has 10 N–H and O–H groups in total. The van der Waals surface area contributed by atoms with Gasteiger partial charge in [-0.3, -0.25) is 37.9 Å². The summed E-state index contributed by atoms with van der Waals surface area (Å²) in [7, 11) is -3.67. The van der Waals surface area contributed by atoms with E-state index in [0.29, 0.717) is 48.7 Å². The van der Waals surface area contributed by atoms with E-state index in [4.69, 9.17) is 57.3 Å². The van der Waals surface area contributed by atoms with Gasteiger partial charge in [0.15, 0.2) is 11.8 Å². The summed E-state index contributed by atoms with van der Waals surface area (Å²) in [5.74, 6) is -7.23. The quantitative estimate of drug-likeness (QED) is 0.00687. The molecule has 0 heterocycles. The SMILES string of the molecule is C=C(CCCC)C(=O)O.CCCCC(C(=O)O)C(=O)O.CCCCC(C(=O)OCC)C(=O)OCC.CCCCC(CBr)C(=O)O.CCCCC(CBr)C(=O)OC(C)(C)C.CCNCC.CO.O=S(=O)(O)O.[Ba+2].[OH-].[OH-]. The van der Waals surface area contributed by atoms with Gasteiger partial charge < -0.3 is 56.0 Å². The molecule has 442 valence electrons. The number of alkyl halides is 2. The van der Waals surface area contributed by atoms with Gasteiger partial charge in [0.1, 0.15) is 5.60 Å². The number of aliphatic carboxylic acids is 4. The Hall–Kier alpha value is -1.73. The Morgan fingerprint density at radius 1 is 0.554 bits per heavy atom. The molecule has 0 spiro atoms. The van der Waals surface area contributed by atoms with Crippen molar-refractivity contribution in [3.63, 3.8) is 0 Å². The summed E-state index contributed by atoms with van der Waals surface area (Å²) in [5.41, 5.74) is -0.0548. The molecule has 0 aliphatic heterocycles. The Morgan fingerprint density at radius 2 is 0.865 bits per heavy atom. The van der Waals surface area contributed by atoms with Crippen LogP contribution in [0.15, 0.2) is 12.2 Å². The topological polar surface area (TPSA) is 395 Å². The predicted octanol–water partition coefficient (Wildman–Crippen LogP) is 9.34. The number of hydrogen-bond donors (Lipinski definition) is 8. The minimum atomic E-state index is -4.67. The zero-order chi connectivity index (χ0) is 57.6. The fraction of sp³-hybridized carbons (Fsp3) is 0.812. The summed E-state index contributed by atoms with van der Waals surface area (Å²) in [4.78, 5) is 75.6. The van der Waals surface area contributed by atoms with Crippen LogP contribution in [0.2, 0.25) is 0 Å². The van der Waals surface area contributed by atoms with Crippen LogP contribution in [0.3, 0.4) is 0 Å². The van der Waals surface area contributed by atoms with E-state index in [1.54, 1.807) is 13.8 Å². The first kappa shape index (κ1) is 97.8. The van der Waals surface area contributed by atoms with Gasteiger partial charge in [-0.15, -0.1) is 0 Å². The molecule has 0 bridgehead atoms. The molecule has 0 aliphatic carbocycles. The molecule has 0 aliphatic rings. The van der Waals surface area contributed by atoms with Crippen molar-refractivity contribution >= 4 is 133 Å². The fourth-order valence-electron chi connectivity index (χ4n) is 4.54. The van der Waals surface area contributed by atoms with E-state index in [1.165, 1.54) is 0 Å². The van der Waals surface area contributed by atoms with Crippen LogP contribution in [0.4, 0.5) is 0 Å². The van der Waals surface area contributed by atoms with Gasteiger partial charge in [-0.25, -0.2) is 4.79 Å². The number of carboxylic acids is 4. The number of esters is 3. The third-order valence-corrected chi connectivity index (χ3v) is 9.90. The molecule has 22 nitrogen and oxygen atoms in total. The summed E-state index contributed by atoms with van der Waals surface area (Å²) in [5, 5.41) is 45.0. The molecular weight excluding hydrogens is 1260 g/mol. The molecule has 2 unspecified atom stereocenters. The number of aliphatic hydroxyl groups is 1. The molecule has 0 rings (SSSR count). The number of rotatable bonds is 28. The first-order chi connectivity index (χ1) is 33.0. The van der Waals surface area contributed by atoms with Crippen molar-refractivity contribution in [2.45, 2.75) is 185 Å². The van der Waals surface area contributed by atoms with Crippen LogP contribution in [-0.4, -0.2) is 194 Å². The normalized spacial score (nSPS) is 10.4. The number of unbranched alkanes of at least 4 members (excludes halogenated alkanes) is 5. The van der Waals surface area contributed by atoms with Crippen molar-refractivity contribution in [3.8, 4) is 0 Å². The predicted molar refractivity (Wildman–Crippen MR) is 294 cm³/mol. The monoisotopic (exact) mass is 1350 g/mol. The van der Waals surface area contributed by atoms with Gasteiger partial charge in [-0.2, -0.15) is 8.42 Å².